The summed E-state index contributed by atoms with van der Waals surface area (Å²) in [5.41, 5.74) is 3.48. The van der Waals surface area contributed by atoms with Gasteiger partial charge in [-0.15, -0.1) is 0 Å². The summed E-state index contributed by atoms with van der Waals surface area (Å²) in [5.74, 6) is 0.456. The van der Waals surface area contributed by atoms with Crippen LogP contribution >= 0.6 is 0 Å². The van der Waals surface area contributed by atoms with Gasteiger partial charge < -0.3 is 10.2 Å². The van der Waals surface area contributed by atoms with Gasteiger partial charge in [-0.25, -0.2) is 9.97 Å². The third-order valence-corrected chi connectivity index (χ3v) is 3.97. The molecule has 0 bridgehead atoms. The molecule has 26 heavy (non-hydrogen) atoms. The van der Waals surface area contributed by atoms with Gasteiger partial charge in [0.2, 0.25) is 0 Å². The Balaban J connectivity index is 1.77. The summed E-state index contributed by atoms with van der Waals surface area (Å²) >= 11 is 0. The highest BCUT2D eigenvalue weighted by atomic mass is 16.1. The van der Waals surface area contributed by atoms with E-state index in [0.717, 1.165) is 17.8 Å². The first kappa shape index (κ1) is 17.5. The Labute approximate surface area is 153 Å². The van der Waals surface area contributed by atoms with Crippen molar-refractivity contribution in [3.05, 3.63) is 78.0 Å². The lowest BCUT2D eigenvalue weighted by Crippen LogP contribution is -2.25. The molecule has 1 amide bonds. The highest BCUT2D eigenvalue weighted by molar-refractivity contribution is 5.93. The van der Waals surface area contributed by atoms with E-state index in [1.165, 1.54) is 11.9 Å². The number of hydrogen-bond acceptors (Lipinski definition) is 5. The SMILES string of the molecule is CCN(c1cccc(C)c1)c1cc(C(=O)NCc2cccnc2)ncn1. The van der Waals surface area contributed by atoms with E-state index in [0.29, 0.717) is 18.1 Å². The van der Waals surface area contributed by atoms with Crippen molar-refractivity contribution in [2.24, 2.45) is 0 Å². The quantitative estimate of drug-likeness (QED) is 0.741. The molecule has 6 nitrogen and oxygen atoms in total. The third kappa shape index (κ3) is 4.22. The summed E-state index contributed by atoms with van der Waals surface area (Å²) < 4.78 is 0. The van der Waals surface area contributed by atoms with Crippen LogP contribution in [0.3, 0.4) is 0 Å². The molecule has 1 N–H and O–H groups in total. The average molecular weight is 347 g/mol. The molecule has 0 saturated heterocycles. The molecule has 132 valence electrons. The molecule has 0 unspecified atom stereocenters. The molecule has 0 aliphatic carbocycles. The van der Waals surface area contributed by atoms with Crippen LogP contribution in [-0.2, 0) is 6.54 Å². The molecule has 0 saturated carbocycles. The molecule has 0 atom stereocenters. The van der Waals surface area contributed by atoms with Crippen LogP contribution in [0, 0.1) is 6.92 Å². The van der Waals surface area contributed by atoms with Crippen LogP contribution in [0.15, 0.2) is 61.2 Å². The van der Waals surface area contributed by atoms with Crippen molar-refractivity contribution in [3.63, 3.8) is 0 Å². The van der Waals surface area contributed by atoms with Crippen molar-refractivity contribution < 1.29 is 4.79 Å². The molecule has 6 heteroatoms. The molecule has 1 aromatic carbocycles. The predicted octanol–water partition coefficient (Wildman–Crippen LogP) is 3.27. The lowest BCUT2D eigenvalue weighted by molar-refractivity contribution is 0.0945. The van der Waals surface area contributed by atoms with Crippen molar-refractivity contribution in [2.45, 2.75) is 20.4 Å². The van der Waals surface area contributed by atoms with Crippen molar-refractivity contribution in [3.8, 4) is 0 Å². The summed E-state index contributed by atoms with van der Waals surface area (Å²) in [6, 6.07) is 13.6. The largest absolute Gasteiger partial charge is 0.347 e. The number of nitrogens with zero attached hydrogens (tertiary/aromatic N) is 4. The Bertz CT molecular complexity index is 882. The number of aryl methyl sites for hydroxylation is 1. The topological polar surface area (TPSA) is 71.0 Å². The van der Waals surface area contributed by atoms with E-state index in [-0.39, 0.29) is 5.91 Å². The van der Waals surface area contributed by atoms with Gasteiger partial charge in [0.25, 0.3) is 5.91 Å². The second-order valence-corrected chi connectivity index (χ2v) is 5.89. The Kier molecular flexibility index (Phi) is 5.53. The number of carbonyl (C=O) groups is 1. The standard InChI is InChI=1S/C20H21N5O/c1-3-25(17-8-4-6-15(2)10-17)19-11-18(23-14-24-19)20(26)22-13-16-7-5-9-21-12-16/h4-12,14H,3,13H2,1-2H3,(H,22,26). The summed E-state index contributed by atoms with van der Waals surface area (Å²) in [5, 5.41) is 2.86. The number of nitrogens with one attached hydrogen (secondary N) is 1. The summed E-state index contributed by atoms with van der Waals surface area (Å²) in [4.78, 5) is 27.0. The third-order valence-electron chi connectivity index (χ3n) is 3.97. The first-order valence-electron chi connectivity index (χ1n) is 8.50. The van der Waals surface area contributed by atoms with Crippen molar-refractivity contribution in [2.75, 3.05) is 11.4 Å². The monoisotopic (exact) mass is 347 g/mol. The number of hydrogen-bond donors (Lipinski definition) is 1. The molecule has 3 aromatic rings. The zero-order valence-electron chi connectivity index (χ0n) is 14.9. The number of carbonyl (C=O) groups excluding carboxylic acids is 1. The fraction of sp³-hybridized carbons (Fsp3) is 0.200. The number of pyridine rings is 1. The second-order valence-electron chi connectivity index (χ2n) is 5.89. The molecule has 2 aromatic heterocycles. The van der Waals surface area contributed by atoms with Gasteiger partial charge in [0.1, 0.15) is 17.8 Å². The van der Waals surface area contributed by atoms with Crippen LogP contribution < -0.4 is 10.2 Å². The first-order valence-corrected chi connectivity index (χ1v) is 8.50. The maximum absolute atomic E-state index is 12.4. The highest BCUT2D eigenvalue weighted by Gasteiger charge is 2.13. The van der Waals surface area contributed by atoms with Gasteiger partial charge in [-0.2, -0.15) is 0 Å². The Morgan fingerprint density at radius 3 is 2.77 bits per heavy atom. The van der Waals surface area contributed by atoms with Crippen LogP contribution in [0.2, 0.25) is 0 Å². The van der Waals surface area contributed by atoms with Crippen molar-refractivity contribution in [1.29, 1.82) is 0 Å². The number of benzene rings is 1. The molecule has 0 fully saturated rings. The number of anilines is 2. The van der Waals surface area contributed by atoms with Gasteiger partial charge >= 0.3 is 0 Å². The van der Waals surface area contributed by atoms with Gasteiger partial charge in [0.15, 0.2) is 0 Å². The fourth-order valence-corrected chi connectivity index (χ4v) is 2.67. The first-order chi connectivity index (χ1) is 12.7. The predicted molar refractivity (Wildman–Crippen MR) is 101 cm³/mol. The van der Waals surface area contributed by atoms with E-state index >= 15 is 0 Å². The molecule has 0 aliphatic heterocycles. The Hall–Kier alpha value is -3.28. The zero-order chi connectivity index (χ0) is 18.4. The van der Waals surface area contributed by atoms with Crippen molar-refractivity contribution >= 4 is 17.4 Å². The Morgan fingerprint density at radius 2 is 2.04 bits per heavy atom. The maximum Gasteiger partial charge on any atom is 0.270 e. The molecular weight excluding hydrogens is 326 g/mol. The molecule has 0 radical (unpaired) electrons. The van der Waals surface area contributed by atoms with Crippen LogP contribution in [0.25, 0.3) is 0 Å². The molecule has 3 rings (SSSR count). The molecule has 0 spiro atoms. The smallest absolute Gasteiger partial charge is 0.270 e. The lowest BCUT2D eigenvalue weighted by atomic mass is 10.2. The molecule has 0 aliphatic rings. The van der Waals surface area contributed by atoms with Crippen molar-refractivity contribution in [1.82, 2.24) is 20.3 Å². The summed E-state index contributed by atoms with van der Waals surface area (Å²) in [6.07, 6.45) is 4.85. The summed E-state index contributed by atoms with van der Waals surface area (Å²) in [7, 11) is 0. The number of rotatable bonds is 6. The van der Waals surface area contributed by atoms with E-state index in [9.17, 15) is 4.79 Å². The highest BCUT2D eigenvalue weighted by Crippen LogP contribution is 2.24. The van der Waals surface area contributed by atoms with Crippen LogP contribution in [0.5, 0.6) is 0 Å². The second kappa shape index (κ2) is 8.20. The van der Waals surface area contributed by atoms with Gasteiger partial charge in [0.05, 0.1) is 0 Å². The number of amides is 1. The number of aromatic nitrogens is 3. The minimum absolute atomic E-state index is 0.238. The van der Waals surface area contributed by atoms with E-state index in [1.54, 1.807) is 18.5 Å². The maximum atomic E-state index is 12.4. The zero-order valence-corrected chi connectivity index (χ0v) is 14.9. The Morgan fingerprint density at radius 1 is 1.15 bits per heavy atom. The lowest BCUT2D eigenvalue weighted by Gasteiger charge is -2.22. The minimum atomic E-state index is -0.238. The molecular formula is C20H21N5O. The van der Waals surface area contributed by atoms with Crippen LogP contribution in [0.4, 0.5) is 11.5 Å². The van der Waals surface area contributed by atoms with E-state index in [2.05, 4.69) is 39.3 Å². The van der Waals surface area contributed by atoms with E-state index < -0.39 is 0 Å². The normalized spacial score (nSPS) is 10.4. The van der Waals surface area contributed by atoms with Gasteiger partial charge in [-0.05, 0) is 43.2 Å². The van der Waals surface area contributed by atoms with Gasteiger partial charge in [0, 0.05) is 37.2 Å². The molecule has 2 heterocycles. The minimum Gasteiger partial charge on any atom is -0.347 e. The summed E-state index contributed by atoms with van der Waals surface area (Å²) in [6.45, 7) is 5.24. The van der Waals surface area contributed by atoms with Gasteiger partial charge in [-0.1, -0.05) is 18.2 Å². The fourth-order valence-electron chi connectivity index (χ4n) is 2.67. The van der Waals surface area contributed by atoms with Crippen LogP contribution in [0.1, 0.15) is 28.5 Å². The van der Waals surface area contributed by atoms with E-state index in [4.69, 9.17) is 0 Å². The van der Waals surface area contributed by atoms with E-state index in [1.807, 2.05) is 36.1 Å². The van der Waals surface area contributed by atoms with Gasteiger partial charge in [-0.3, -0.25) is 9.78 Å². The average Bonchev–Trinajstić information content (AvgIpc) is 2.68. The van der Waals surface area contributed by atoms with Crippen LogP contribution in [-0.4, -0.2) is 27.4 Å².